The van der Waals surface area contributed by atoms with Gasteiger partial charge in [-0.15, -0.1) is 0 Å². The van der Waals surface area contributed by atoms with Gasteiger partial charge in [0.1, 0.15) is 5.75 Å². The Kier molecular flexibility index (Phi) is 6.43. The van der Waals surface area contributed by atoms with Crippen molar-refractivity contribution < 1.29 is 24.5 Å². The van der Waals surface area contributed by atoms with Gasteiger partial charge in [0, 0.05) is 6.42 Å². The molecular formula is C14H18O5. The van der Waals surface area contributed by atoms with E-state index < -0.39 is 11.9 Å². The minimum Gasteiger partial charge on any atom is -0.494 e. The topological polar surface area (TPSA) is 83.8 Å². The van der Waals surface area contributed by atoms with Crippen LogP contribution in [0, 0.1) is 0 Å². The zero-order valence-corrected chi connectivity index (χ0v) is 10.7. The first-order chi connectivity index (χ1) is 9.09. The number of carboxylic acids is 2. The van der Waals surface area contributed by atoms with Crippen LogP contribution < -0.4 is 4.74 Å². The monoisotopic (exact) mass is 266 g/mol. The highest BCUT2D eigenvalue weighted by molar-refractivity contribution is 5.87. The maximum atomic E-state index is 10.6. The van der Waals surface area contributed by atoms with Gasteiger partial charge in [0.05, 0.1) is 12.2 Å². The maximum Gasteiger partial charge on any atom is 0.335 e. The van der Waals surface area contributed by atoms with Crippen molar-refractivity contribution in [2.45, 2.75) is 32.1 Å². The number of hydrogen-bond acceptors (Lipinski definition) is 3. The molecule has 19 heavy (non-hydrogen) atoms. The summed E-state index contributed by atoms with van der Waals surface area (Å²) in [4.78, 5) is 20.9. The number of rotatable bonds is 9. The first-order valence-corrected chi connectivity index (χ1v) is 6.27. The van der Waals surface area contributed by atoms with Crippen LogP contribution in [0.5, 0.6) is 5.75 Å². The number of benzene rings is 1. The van der Waals surface area contributed by atoms with Gasteiger partial charge in [-0.1, -0.05) is 12.8 Å². The molecule has 0 aliphatic heterocycles. The highest BCUT2D eigenvalue weighted by atomic mass is 16.5. The van der Waals surface area contributed by atoms with Gasteiger partial charge in [0.2, 0.25) is 0 Å². The Hall–Kier alpha value is -2.04. The third-order valence-corrected chi connectivity index (χ3v) is 2.65. The molecule has 0 aliphatic carbocycles. The van der Waals surface area contributed by atoms with Crippen LogP contribution in [0.25, 0.3) is 0 Å². The van der Waals surface area contributed by atoms with E-state index in [4.69, 9.17) is 14.9 Å². The van der Waals surface area contributed by atoms with Crippen LogP contribution in [0.4, 0.5) is 0 Å². The summed E-state index contributed by atoms with van der Waals surface area (Å²) in [5, 5.41) is 17.2. The van der Waals surface area contributed by atoms with Gasteiger partial charge in [0.25, 0.3) is 0 Å². The van der Waals surface area contributed by atoms with Crippen LogP contribution in [0.1, 0.15) is 42.5 Å². The molecular weight excluding hydrogens is 248 g/mol. The molecule has 0 radical (unpaired) electrons. The van der Waals surface area contributed by atoms with Crippen molar-refractivity contribution in [3.05, 3.63) is 29.8 Å². The lowest BCUT2D eigenvalue weighted by Crippen LogP contribution is -1.99. The lowest BCUT2D eigenvalue weighted by Gasteiger charge is -2.06. The zero-order chi connectivity index (χ0) is 14.1. The van der Waals surface area contributed by atoms with Crippen molar-refractivity contribution in [3.8, 4) is 5.75 Å². The molecule has 0 heterocycles. The van der Waals surface area contributed by atoms with Gasteiger partial charge in [-0.25, -0.2) is 4.79 Å². The molecule has 104 valence electrons. The largest absolute Gasteiger partial charge is 0.494 e. The van der Waals surface area contributed by atoms with Crippen molar-refractivity contribution >= 4 is 11.9 Å². The quantitative estimate of drug-likeness (QED) is 0.671. The molecule has 0 fully saturated rings. The third kappa shape index (κ3) is 6.45. The molecule has 0 saturated heterocycles. The highest BCUT2D eigenvalue weighted by Gasteiger charge is 2.02. The van der Waals surface area contributed by atoms with Crippen molar-refractivity contribution in [3.63, 3.8) is 0 Å². The van der Waals surface area contributed by atoms with Crippen LogP contribution in [-0.4, -0.2) is 28.8 Å². The normalized spacial score (nSPS) is 10.1. The Morgan fingerprint density at radius 3 is 2.16 bits per heavy atom. The van der Waals surface area contributed by atoms with Crippen LogP contribution in [0.3, 0.4) is 0 Å². The molecule has 0 aromatic heterocycles. The molecule has 5 nitrogen and oxygen atoms in total. The summed E-state index contributed by atoms with van der Waals surface area (Å²) in [6.45, 7) is 0.555. The zero-order valence-electron chi connectivity index (χ0n) is 10.7. The minimum atomic E-state index is -0.954. The number of ether oxygens (including phenoxy) is 1. The Balaban J connectivity index is 2.12. The number of aromatic carboxylic acids is 1. The molecule has 0 aliphatic rings. The molecule has 0 spiro atoms. The van der Waals surface area contributed by atoms with E-state index >= 15 is 0 Å². The number of aliphatic carboxylic acids is 1. The summed E-state index contributed by atoms with van der Waals surface area (Å²) in [5.41, 5.74) is 0.237. The maximum absolute atomic E-state index is 10.6. The molecule has 5 heteroatoms. The lowest BCUT2D eigenvalue weighted by atomic mass is 10.1. The summed E-state index contributed by atoms with van der Waals surface area (Å²) in [5.74, 6) is -1.06. The second kappa shape index (κ2) is 8.13. The first-order valence-electron chi connectivity index (χ1n) is 6.27. The SMILES string of the molecule is O=C(O)CCCCCCOc1ccc(C(=O)O)cc1. The van der Waals surface area contributed by atoms with E-state index in [-0.39, 0.29) is 12.0 Å². The summed E-state index contributed by atoms with van der Waals surface area (Å²) in [7, 11) is 0. The fourth-order valence-electron chi connectivity index (χ4n) is 1.62. The van der Waals surface area contributed by atoms with Crippen molar-refractivity contribution in [1.82, 2.24) is 0 Å². The van der Waals surface area contributed by atoms with E-state index in [1.165, 1.54) is 12.1 Å². The summed E-state index contributed by atoms with van der Waals surface area (Å²) in [6.07, 6.45) is 3.59. The molecule has 1 aromatic rings. The first kappa shape index (κ1) is 15.0. The molecule has 0 unspecified atom stereocenters. The minimum absolute atomic E-state index is 0.220. The van der Waals surface area contributed by atoms with Gasteiger partial charge in [-0.2, -0.15) is 0 Å². The summed E-state index contributed by atoms with van der Waals surface area (Å²) in [6, 6.07) is 6.27. The lowest BCUT2D eigenvalue weighted by molar-refractivity contribution is -0.137. The number of carboxylic acid groups (broad SMARTS) is 2. The van der Waals surface area contributed by atoms with Gasteiger partial charge in [0.15, 0.2) is 0 Å². The van der Waals surface area contributed by atoms with E-state index in [1.54, 1.807) is 12.1 Å². The standard InChI is InChI=1S/C14H18O5/c15-13(16)5-3-1-2-4-10-19-12-8-6-11(7-9-12)14(17)18/h6-9H,1-5,10H2,(H,15,16)(H,17,18). The van der Waals surface area contributed by atoms with E-state index in [0.29, 0.717) is 18.8 Å². The second-order valence-corrected chi connectivity index (χ2v) is 4.24. The molecule has 0 saturated carbocycles. The fourth-order valence-corrected chi connectivity index (χ4v) is 1.62. The van der Waals surface area contributed by atoms with Crippen LogP contribution in [-0.2, 0) is 4.79 Å². The van der Waals surface area contributed by atoms with Crippen LogP contribution >= 0.6 is 0 Å². The van der Waals surface area contributed by atoms with Crippen molar-refractivity contribution in [2.24, 2.45) is 0 Å². The molecule has 2 N–H and O–H groups in total. The summed E-state index contributed by atoms with van der Waals surface area (Å²) >= 11 is 0. The molecule has 1 aromatic carbocycles. The fraction of sp³-hybridized carbons (Fsp3) is 0.429. The van der Waals surface area contributed by atoms with E-state index in [2.05, 4.69) is 0 Å². The van der Waals surface area contributed by atoms with Crippen LogP contribution in [0.2, 0.25) is 0 Å². The molecule has 0 atom stereocenters. The van der Waals surface area contributed by atoms with Crippen LogP contribution in [0.15, 0.2) is 24.3 Å². The summed E-state index contributed by atoms with van der Waals surface area (Å²) < 4.78 is 5.46. The van der Waals surface area contributed by atoms with Gasteiger partial charge < -0.3 is 14.9 Å². The third-order valence-electron chi connectivity index (χ3n) is 2.65. The Morgan fingerprint density at radius 2 is 1.58 bits per heavy atom. The van der Waals surface area contributed by atoms with Gasteiger partial charge in [-0.05, 0) is 37.1 Å². The molecule has 1 rings (SSSR count). The number of carbonyl (C=O) groups is 2. The van der Waals surface area contributed by atoms with Gasteiger partial charge in [-0.3, -0.25) is 4.79 Å². The van der Waals surface area contributed by atoms with Crippen molar-refractivity contribution in [2.75, 3.05) is 6.61 Å². The Labute approximate surface area is 111 Å². The smallest absolute Gasteiger partial charge is 0.335 e. The van der Waals surface area contributed by atoms with E-state index in [0.717, 1.165) is 19.3 Å². The van der Waals surface area contributed by atoms with E-state index in [9.17, 15) is 9.59 Å². The predicted octanol–water partition coefficient (Wildman–Crippen LogP) is 2.80. The van der Waals surface area contributed by atoms with Crippen molar-refractivity contribution in [1.29, 1.82) is 0 Å². The Bertz CT molecular complexity index is 410. The van der Waals surface area contributed by atoms with Gasteiger partial charge >= 0.3 is 11.9 Å². The molecule has 0 amide bonds. The number of unbranched alkanes of at least 4 members (excludes halogenated alkanes) is 3. The Morgan fingerprint density at radius 1 is 0.947 bits per heavy atom. The predicted molar refractivity (Wildman–Crippen MR) is 69.6 cm³/mol. The highest BCUT2D eigenvalue weighted by Crippen LogP contribution is 2.13. The van der Waals surface area contributed by atoms with E-state index in [1.807, 2.05) is 0 Å². The second-order valence-electron chi connectivity index (χ2n) is 4.24. The average molecular weight is 266 g/mol. The molecule has 0 bridgehead atoms. The average Bonchev–Trinajstić information content (AvgIpc) is 2.38. The number of hydrogen-bond donors (Lipinski definition) is 2.